The van der Waals surface area contributed by atoms with Crippen LogP contribution in [0.15, 0.2) is 121 Å². The normalized spacial score (nSPS) is 16.4. The molecule has 0 atom stereocenters. The van der Waals surface area contributed by atoms with Crippen molar-refractivity contribution in [1.82, 2.24) is 0 Å². The zero-order chi connectivity index (χ0) is 48.0. The molecule has 0 unspecified atom stereocenters. The Kier molecular flexibility index (Phi) is 14.3. The number of hydrogen-bond acceptors (Lipinski definition) is 9. The SMILES string of the molecule is CC(/C=C/C1=[N+](C)c2ccc3ccccc3c2C1(C)C)=C\C=C1/N(C)c2ccc3ccccc3c2C1(C)C.[C-]#[N+]/C(C#N)=c1/cc(OCCOS(=O)(=O)[O-])/c(=C(\C#N)[N+]#[C-])cc1OCCC. The average Bonchev–Trinajstić information content (AvgIpc) is 3.62. The van der Waals surface area contributed by atoms with E-state index in [9.17, 15) is 23.5 Å². The molecule has 0 fully saturated rings. The van der Waals surface area contributed by atoms with Crippen LogP contribution in [0, 0.1) is 35.8 Å². The van der Waals surface area contributed by atoms with Gasteiger partial charge in [-0.1, -0.05) is 93.1 Å². The summed E-state index contributed by atoms with van der Waals surface area (Å²) in [6.45, 7) is 26.9. The van der Waals surface area contributed by atoms with Crippen LogP contribution in [0.3, 0.4) is 0 Å². The molecule has 13 heteroatoms. The second kappa shape index (κ2) is 19.7. The molecule has 66 heavy (non-hydrogen) atoms. The molecule has 0 spiro atoms. The predicted octanol–water partition coefficient (Wildman–Crippen LogP) is 9.25. The topological polar surface area (TPSA) is 147 Å². The van der Waals surface area contributed by atoms with Crippen LogP contribution >= 0.6 is 0 Å². The predicted molar refractivity (Wildman–Crippen MR) is 258 cm³/mol. The van der Waals surface area contributed by atoms with E-state index in [0.29, 0.717) is 6.42 Å². The summed E-state index contributed by atoms with van der Waals surface area (Å²) in [4.78, 5) is 8.59. The average molecular weight is 899 g/mol. The van der Waals surface area contributed by atoms with Gasteiger partial charge in [-0.15, -0.1) is 0 Å². The highest BCUT2D eigenvalue weighted by molar-refractivity contribution is 7.80. The van der Waals surface area contributed by atoms with Crippen molar-refractivity contribution in [3.05, 3.63) is 165 Å². The van der Waals surface area contributed by atoms with Gasteiger partial charge in [-0.05, 0) is 84.6 Å². The molecule has 2 aliphatic rings. The van der Waals surface area contributed by atoms with Gasteiger partial charge in [-0.25, -0.2) is 28.6 Å². The number of allylic oxidation sites excluding steroid dienone is 6. The van der Waals surface area contributed by atoms with Gasteiger partial charge in [-0.2, -0.15) is 4.58 Å². The maximum absolute atomic E-state index is 10.5. The number of nitriles is 2. The molecule has 0 N–H and O–H groups in total. The zero-order valence-electron chi connectivity index (χ0n) is 38.3. The molecule has 0 aromatic heterocycles. The Labute approximate surface area is 386 Å². The first kappa shape index (κ1) is 47.9. The van der Waals surface area contributed by atoms with Crippen LogP contribution in [0.25, 0.3) is 42.6 Å². The highest BCUT2D eigenvalue weighted by Gasteiger charge is 2.44. The van der Waals surface area contributed by atoms with Crippen LogP contribution in [0.4, 0.5) is 11.4 Å². The fourth-order valence-electron chi connectivity index (χ4n) is 8.82. The molecule has 7 rings (SSSR count). The first-order chi connectivity index (χ1) is 31.4. The van der Waals surface area contributed by atoms with E-state index >= 15 is 0 Å². The third-order valence-corrected chi connectivity index (χ3v) is 12.3. The highest BCUT2D eigenvalue weighted by atomic mass is 32.3. The summed E-state index contributed by atoms with van der Waals surface area (Å²) < 4.78 is 48.7. The minimum absolute atomic E-state index is 0.0274. The van der Waals surface area contributed by atoms with Gasteiger partial charge >= 0.3 is 0 Å². The molecule has 2 heterocycles. The minimum atomic E-state index is -4.90. The fourth-order valence-corrected chi connectivity index (χ4v) is 9.10. The largest absolute Gasteiger partial charge is 0.726 e. The summed E-state index contributed by atoms with van der Waals surface area (Å²) in [7, 11) is -0.514. The van der Waals surface area contributed by atoms with E-state index in [1.165, 1.54) is 73.2 Å². The first-order valence-electron chi connectivity index (χ1n) is 21.2. The number of benzene rings is 5. The van der Waals surface area contributed by atoms with Crippen LogP contribution in [-0.4, -0.2) is 57.2 Å². The van der Waals surface area contributed by atoms with Gasteiger partial charge in [0, 0.05) is 52.0 Å². The van der Waals surface area contributed by atoms with E-state index in [1.807, 2.05) is 6.92 Å². The molecule has 5 aromatic rings. The van der Waals surface area contributed by atoms with Crippen LogP contribution in [-0.2, 0) is 25.4 Å². The molecular formula is C53H50N6O6S. The number of rotatable bonds is 11. The van der Waals surface area contributed by atoms with Crippen LogP contribution in [0.1, 0.15) is 59.1 Å². The Bertz CT molecular complexity index is 3280. The monoisotopic (exact) mass is 898 g/mol. The second-order valence-corrected chi connectivity index (χ2v) is 17.9. The maximum Gasteiger partial charge on any atom is 0.272 e. The van der Waals surface area contributed by atoms with Gasteiger partial charge in [0.05, 0.1) is 43.9 Å². The summed E-state index contributed by atoms with van der Waals surface area (Å²) in [6, 6.07) is 32.5. The summed E-state index contributed by atoms with van der Waals surface area (Å²) in [5, 5.41) is 23.8. The van der Waals surface area contributed by atoms with Crippen LogP contribution < -0.4 is 24.8 Å². The smallest absolute Gasteiger partial charge is 0.272 e. The molecular weight excluding hydrogens is 849 g/mol. The number of anilines is 1. The number of nitrogens with zero attached hydrogens (tertiary/aromatic N) is 6. The lowest BCUT2D eigenvalue weighted by Gasteiger charge is -2.24. The molecule has 0 radical (unpaired) electrons. The molecule has 5 aromatic carbocycles. The van der Waals surface area contributed by atoms with Gasteiger partial charge in [0.15, 0.2) is 5.71 Å². The van der Waals surface area contributed by atoms with E-state index in [-0.39, 0.29) is 50.8 Å². The lowest BCUT2D eigenvalue weighted by atomic mass is 9.79. The Morgan fingerprint density at radius 1 is 0.818 bits per heavy atom. The summed E-state index contributed by atoms with van der Waals surface area (Å²) in [5.41, 5.74) is 8.52. The van der Waals surface area contributed by atoms with Crippen molar-refractivity contribution in [2.24, 2.45) is 0 Å². The lowest BCUT2D eigenvalue weighted by Crippen LogP contribution is -2.26. The molecule has 0 saturated heterocycles. The summed E-state index contributed by atoms with van der Waals surface area (Å²) in [5.74, 6) is 0.0428. The molecule has 0 saturated carbocycles. The molecule has 0 bridgehead atoms. The van der Waals surface area contributed by atoms with Crippen molar-refractivity contribution in [3.63, 3.8) is 0 Å². The van der Waals surface area contributed by atoms with E-state index in [4.69, 9.17) is 22.6 Å². The molecule has 0 aliphatic carbocycles. The number of ether oxygens (including phenoxy) is 2. The lowest BCUT2D eigenvalue weighted by molar-refractivity contribution is -0.401. The zero-order valence-corrected chi connectivity index (χ0v) is 39.1. The van der Waals surface area contributed by atoms with Crippen molar-refractivity contribution >= 4 is 60.4 Å². The Morgan fingerprint density at radius 2 is 1.36 bits per heavy atom. The van der Waals surface area contributed by atoms with E-state index in [2.05, 4.69) is 169 Å². The van der Waals surface area contributed by atoms with Crippen LogP contribution in [0.5, 0.6) is 11.5 Å². The summed E-state index contributed by atoms with van der Waals surface area (Å²) in [6.07, 6.45) is 9.79. The van der Waals surface area contributed by atoms with Crippen molar-refractivity contribution in [2.45, 2.75) is 58.8 Å². The van der Waals surface area contributed by atoms with Crippen molar-refractivity contribution in [2.75, 3.05) is 38.8 Å². The third-order valence-electron chi connectivity index (χ3n) is 11.9. The molecule has 0 amide bonds. The summed E-state index contributed by atoms with van der Waals surface area (Å²) >= 11 is 0. The van der Waals surface area contributed by atoms with Crippen molar-refractivity contribution in [1.29, 1.82) is 10.5 Å². The Hall–Kier alpha value is -7.52. The van der Waals surface area contributed by atoms with E-state index in [1.54, 1.807) is 12.1 Å². The van der Waals surface area contributed by atoms with Crippen LogP contribution in [0.2, 0.25) is 0 Å². The Morgan fingerprint density at radius 3 is 1.91 bits per heavy atom. The van der Waals surface area contributed by atoms with Gasteiger partial charge in [-0.3, -0.25) is 4.18 Å². The third kappa shape index (κ3) is 9.61. The van der Waals surface area contributed by atoms with Gasteiger partial charge in [0.2, 0.25) is 16.1 Å². The number of likely N-dealkylation sites (N-methyl/N-ethyl adjacent to an activating group) is 1. The van der Waals surface area contributed by atoms with E-state index in [0.717, 1.165) is 0 Å². The molecule has 12 nitrogen and oxygen atoms in total. The van der Waals surface area contributed by atoms with Crippen molar-refractivity contribution < 1.29 is 31.2 Å². The standard InChI is InChI=1S/C36H37N2.C17H14N4O6S/c1-24(16-22-31-35(2,3)33-27-14-10-8-12-25(27)18-20-29(33)37(31)6)17-23-32-36(4,5)34-28-15-11-9-13-26(28)19-21-30(34)38(32)7;1-4-5-25-16-8-13(15(11-19)21-3)17(9-12(16)14(10-18)20-2)26-6-7-27-28(22,23)24/h8-23H,1-7H3;8-9H,4-7H2,1H3,(H,22,23,24)/q+1;/p-1/b;14-12-,15-13+. The van der Waals surface area contributed by atoms with Crippen molar-refractivity contribution in [3.8, 4) is 23.6 Å². The van der Waals surface area contributed by atoms with Gasteiger partial charge < -0.3 is 18.9 Å². The second-order valence-electron chi connectivity index (χ2n) is 16.8. The van der Waals surface area contributed by atoms with Gasteiger partial charge in [0.25, 0.3) is 11.4 Å². The quantitative estimate of drug-likeness (QED) is 0.0316. The maximum atomic E-state index is 10.5. The van der Waals surface area contributed by atoms with Gasteiger partial charge in [0.1, 0.15) is 25.2 Å². The van der Waals surface area contributed by atoms with E-state index < -0.39 is 23.6 Å². The fraction of sp³-hybridized carbons (Fsp3) is 0.264. The Balaban J connectivity index is 0.000000231. The minimum Gasteiger partial charge on any atom is -0.726 e. The first-order valence-corrected chi connectivity index (χ1v) is 22.6. The molecule has 2 aliphatic heterocycles. The highest BCUT2D eigenvalue weighted by Crippen LogP contribution is 2.50. The number of fused-ring (bicyclic) bond motifs is 6. The molecule has 334 valence electrons. The number of hydrogen-bond donors (Lipinski definition) is 0.